The molecule has 0 aliphatic carbocycles. The smallest absolute Gasteiger partial charge is 0.123 e. The van der Waals surface area contributed by atoms with Crippen molar-refractivity contribution in [3.8, 4) is 0 Å². The van der Waals surface area contributed by atoms with Crippen LogP contribution in [0.4, 0.5) is 4.39 Å². The van der Waals surface area contributed by atoms with Gasteiger partial charge >= 0.3 is 0 Å². The van der Waals surface area contributed by atoms with E-state index in [1.807, 2.05) is 18.2 Å². The maximum absolute atomic E-state index is 12.7. The van der Waals surface area contributed by atoms with Gasteiger partial charge in [-0.25, -0.2) is 4.39 Å². The molecule has 0 aromatic heterocycles. The predicted octanol–water partition coefficient (Wildman–Crippen LogP) is 3.93. The van der Waals surface area contributed by atoms with E-state index >= 15 is 0 Å². The van der Waals surface area contributed by atoms with E-state index in [1.54, 1.807) is 18.2 Å². The highest BCUT2D eigenvalue weighted by Gasteiger charge is 2.04. The van der Waals surface area contributed by atoms with E-state index in [9.17, 15) is 8.60 Å². The van der Waals surface area contributed by atoms with Gasteiger partial charge in [0.2, 0.25) is 0 Å². The zero-order valence-electron chi connectivity index (χ0n) is 9.61. The van der Waals surface area contributed by atoms with Crippen LogP contribution >= 0.6 is 11.6 Å². The van der Waals surface area contributed by atoms with Crippen molar-refractivity contribution in [2.45, 2.75) is 11.5 Å². The highest BCUT2D eigenvalue weighted by molar-refractivity contribution is 7.83. The molecular formula is C14H12ClFOS. The normalized spacial score (nSPS) is 12.3. The van der Waals surface area contributed by atoms with Gasteiger partial charge in [-0.3, -0.25) is 4.21 Å². The predicted molar refractivity (Wildman–Crippen MR) is 73.4 cm³/mol. The van der Waals surface area contributed by atoms with Gasteiger partial charge in [0.15, 0.2) is 0 Å². The van der Waals surface area contributed by atoms with Crippen LogP contribution in [0.15, 0.2) is 48.5 Å². The summed E-state index contributed by atoms with van der Waals surface area (Å²) < 4.78 is 24.7. The molecule has 0 saturated carbocycles. The molecule has 0 N–H and O–H groups in total. The molecule has 0 spiro atoms. The third-order valence-electron chi connectivity index (χ3n) is 2.46. The molecule has 2 rings (SSSR count). The zero-order chi connectivity index (χ0) is 13.0. The van der Waals surface area contributed by atoms with Crippen molar-refractivity contribution in [3.63, 3.8) is 0 Å². The van der Waals surface area contributed by atoms with E-state index in [0.29, 0.717) is 16.5 Å². The number of hydrogen-bond acceptors (Lipinski definition) is 1. The van der Waals surface area contributed by atoms with E-state index in [0.717, 1.165) is 11.1 Å². The van der Waals surface area contributed by atoms with Crippen molar-refractivity contribution in [1.29, 1.82) is 0 Å². The molecule has 18 heavy (non-hydrogen) atoms. The molecule has 0 saturated heterocycles. The zero-order valence-corrected chi connectivity index (χ0v) is 11.2. The number of halogens is 2. The van der Waals surface area contributed by atoms with Crippen LogP contribution in [-0.2, 0) is 22.3 Å². The molecule has 0 aliphatic rings. The summed E-state index contributed by atoms with van der Waals surface area (Å²) >= 11 is 5.87. The summed E-state index contributed by atoms with van der Waals surface area (Å²) in [6, 6.07) is 13.4. The lowest BCUT2D eigenvalue weighted by Gasteiger charge is -2.03. The van der Waals surface area contributed by atoms with E-state index in [-0.39, 0.29) is 5.82 Å². The van der Waals surface area contributed by atoms with Crippen molar-refractivity contribution in [3.05, 3.63) is 70.5 Å². The van der Waals surface area contributed by atoms with Gasteiger partial charge < -0.3 is 0 Å². The standard InChI is InChI=1S/C14H12ClFOS/c15-13-3-1-2-12(8-13)10-18(17)9-11-4-6-14(16)7-5-11/h1-8H,9-10H2. The Morgan fingerprint density at radius 2 is 1.67 bits per heavy atom. The van der Waals surface area contributed by atoms with Gasteiger partial charge in [0.25, 0.3) is 0 Å². The first-order chi connectivity index (χ1) is 8.63. The third-order valence-corrected chi connectivity index (χ3v) is 4.00. The maximum atomic E-state index is 12.7. The molecule has 0 aliphatic heterocycles. The van der Waals surface area contributed by atoms with Crippen molar-refractivity contribution >= 4 is 22.4 Å². The van der Waals surface area contributed by atoms with Gasteiger partial charge in [-0.2, -0.15) is 0 Å². The second-order valence-corrected chi connectivity index (χ2v) is 5.88. The number of rotatable bonds is 4. The summed E-state index contributed by atoms with van der Waals surface area (Å²) in [5, 5.41) is 0.645. The summed E-state index contributed by atoms with van der Waals surface area (Å²) in [4.78, 5) is 0. The second kappa shape index (κ2) is 6.12. The molecule has 1 atom stereocenters. The SMILES string of the molecule is O=S(Cc1ccc(F)cc1)Cc1cccc(Cl)c1. The first kappa shape index (κ1) is 13.2. The maximum Gasteiger partial charge on any atom is 0.123 e. The Labute approximate surface area is 113 Å². The van der Waals surface area contributed by atoms with Crippen LogP contribution in [0.1, 0.15) is 11.1 Å². The van der Waals surface area contributed by atoms with Gasteiger partial charge in [0.1, 0.15) is 5.82 Å². The Balaban J connectivity index is 1.98. The lowest BCUT2D eigenvalue weighted by Crippen LogP contribution is -1.99. The van der Waals surface area contributed by atoms with E-state index in [2.05, 4.69) is 0 Å². The molecule has 0 radical (unpaired) electrons. The van der Waals surface area contributed by atoms with Crippen LogP contribution in [-0.4, -0.2) is 4.21 Å². The van der Waals surface area contributed by atoms with Crippen LogP contribution in [0.2, 0.25) is 5.02 Å². The third kappa shape index (κ3) is 3.93. The Bertz CT molecular complexity index is 554. The summed E-state index contributed by atoms with van der Waals surface area (Å²) in [7, 11) is -1.02. The summed E-state index contributed by atoms with van der Waals surface area (Å²) in [6.45, 7) is 0. The van der Waals surface area contributed by atoms with Gasteiger partial charge in [-0.05, 0) is 35.4 Å². The molecule has 0 heterocycles. The van der Waals surface area contributed by atoms with Gasteiger partial charge in [-0.15, -0.1) is 0 Å². The molecule has 4 heteroatoms. The van der Waals surface area contributed by atoms with Crippen LogP contribution in [0.3, 0.4) is 0 Å². The fraction of sp³-hybridized carbons (Fsp3) is 0.143. The molecule has 1 unspecified atom stereocenters. The molecule has 0 fully saturated rings. The van der Waals surface area contributed by atoms with Crippen LogP contribution in [0.25, 0.3) is 0 Å². The Morgan fingerprint density at radius 3 is 2.33 bits per heavy atom. The Hall–Kier alpha value is -1.19. The van der Waals surface area contributed by atoms with Crippen molar-refractivity contribution in [2.24, 2.45) is 0 Å². The Kier molecular flexibility index (Phi) is 4.50. The molecule has 94 valence electrons. The number of benzene rings is 2. The fourth-order valence-corrected chi connectivity index (χ4v) is 3.06. The first-order valence-corrected chi connectivity index (χ1v) is 7.34. The highest BCUT2D eigenvalue weighted by atomic mass is 35.5. The summed E-state index contributed by atoms with van der Waals surface area (Å²) in [6.07, 6.45) is 0. The van der Waals surface area contributed by atoms with Gasteiger partial charge in [0.05, 0.1) is 0 Å². The lowest BCUT2D eigenvalue weighted by molar-refractivity contribution is 0.627. The minimum atomic E-state index is -1.02. The monoisotopic (exact) mass is 282 g/mol. The molecular weight excluding hydrogens is 271 g/mol. The average molecular weight is 283 g/mol. The summed E-state index contributed by atoms with van der Waals surface area (Å²) in [5.74, 6) is 0.601. The van der Waals surface area contributed by atoms with Crippen molar-refractivity contribution in [2.75, 3.05) is 0 Å². The van der Waals surface area contributed by atoms with Crippen LogP contribution in [0, 0.1) is 5.82 Å². The van der Waals surface area contributed by atoms with E-state index in [1.165, 1.54) is 12.1 Å². The van der Waals surface area contributed by atoms with Gasteiger partial charge in [0, 0.05) is 27.3 Å². The molecule has 2 aromatic carbocycles. The lowest BCUT2D eigenvalue weighted by atomic mass is 10.2. The minimum Gasteiger partial charge on any atom is -0.259 e. The highest BCUT2D eigenvalue weighted by Crippen LogP contribution is 2.14. The molecule has 0 amide bonds. The van der Waals surface area contributed by atoms with Crippen molar-refractivity contribution < 1.29 is 8.60 Å². The molecule has 1 nitrogen and oxygen atoms in total. The molecule has 2 aromatic rings. The van der Waals surface area contributed by atoms with Crippen molar-refractivity contribution in [1.82, 2.24) is 0 Å². The van der Waals surface area contributed by atoms with Crippen LogP contribution < -0.4 is 0 Å². The summed E-state index contributed by atoms with van der Waals surface area (Å²) in [5.41, 5.74) is 1.82. The van der Waals surface area contributed by atoms with Crippen LogP contribution in [0.5, 0.6) is 0 Å². The fourth-order valence-electron chi connectivity index (χ4n) is 1.63. The minimum absolute atomic E-state index is 0.278. The van der Waals surface area contributed by atoms with Gasteiger partial charge in [-0.1, -0.05) is 35.9 Å². The quantitative estimate of drug-likeness (QED) is 0.830. The molecule has 0 bridgehead atoms. The number of hydrogen-bond donors (Lipinski definition) is 0. The largest absolute Gasteiger partial charge is 0.259 e. The Morgan fingerprint density at radius 1 is 1.00 bits per heavy atom. The topological polar surface area (TPSA) is 17.1 Å². The first-order valence-electron chi connectivity index (χ1n) is 5.47. The van der Waals surface area contributed by atoms with E-state index < -0.39 is 10.8 Å². The average Bonchev–Trinajstić information content (AvgIpc) is 2.32. The van der Waals surface area contributed by atoms with E-state index in [4.69, 9.17) is 11.6 Å². The second-order valence-electron chi connectivity index (χ2n) is 3.98.